The molecule has 1 amide bonds. The monoisotopic (exact) mass is 398 g/mol. The van der Waals surface area contributed by atoms with E-state index in [-0.39, 0.29) is 11.8 Å². The van der Waals surface area contributed by atoms with E-state index in [1.807, 2.05) is 11.4 Å². The number of aromatic nitrogens is 1. The van der Waals surface area contributed by atoms with Gasteiger partial charge in [-0.1, -0.05) is 29.3 Å². The third-order valence-corrected chi connectivity index (χ3v) is 6.15. The lowest BCUT2D eigenvalue weighted by Gasteiger charge is -2.21. The molecule has 7 heteroatoms. The molecular weight excluding hydrogens is 379 g/mol. The molecule has 0 spiro atoms. The Balaban J connectivity index is 1.79. The van der Waals surface area contributed by atoms with Crippen molar-refractivity contribution in [1.29, 1.82) is 0 Å². The van der Waals surface area contributed by atoms with Crippen LogP contribution in [0.5, 0.6) is 0 Å². The lowest BCUT2D eigenvalue weighted by molar-refractivity contribution is -0.118. The molecule has 25 heavy (non-hydrogen) atoms. The van der Waals surface area contributed by atoms with Crippen molar-refractivity contribution in [3.8, 4) is 0 Å². The van der Waals surface area contributed by atoms with E-state index in [2.05, 4.69) is 10.3 Å². The highest BCUT2D eigenvalue weighted by Gasteiger charge is 2.31. The van der Waals surface area contributed by atoms with Crippen LogP contribution in [-0.4, -0.2) is 24.1 Å². The summed E-state index contributed by atoms with van der Waals surface area (Å²) >= 11 is 13.6. The molecule has 0 radical (unpaired) electrons. The number of hydrogen-bond acceptors (Lipinski definition) is 4. The van der Waals surface area contributed by atoms with Crippen molar-refractivity contribution < 1.29 is 9.53 Å². The third-order valence-electron chi connectivity index (χ3n) is 4.72. The molecule has 1 saturated carbocycles. The van der Waals surface area contributed by atoms with Gasteiger partial charge in [-0.15, -0.1) is 11.3 Å². The minimum atomic E-state index is -0.292. The first kappa shape index (κ1) is 18.6. The average molecular weight is 399 g/mol. The highest BCUT2D eigenvalue weighted by atomic mass is 35.5. The average Bonchev–Trinajstić information content (AvgIpc) is 3.26. The van der Waals surface area contributed by atoms with E-state index in [0.717, 1.165) is 31.2 Å². The second-order valence-corrected chi connectivity index (χ2v) is 8.03. The van der Waals surface area contributed by atoms with Crippen molar-refractivity contribution >= 4 is 45.6 Å². The molecule has 0 bridgehead atoms. The molecule has 1 aliphatic rings. The van der Waals surface area contributed by atoms with Gasteiger partial charge in [-0.05, 0) is 49.3 Å². The van der Waals surface area contributed by atoms with Crippen molar-refractivity contribution in [2.45, 2.75) is 37.7 Å². The number of nitrogens with zero attached hydrogens (tertiary/aromatic N) is 1. The van der Waals surface area contributed by atoms with Gasteiger partial charge in [0, 0.05) is 18.7 Å². The fourth-order valence-electron chi connectivity index (χ4n) is 3.39. The predicted octanol–water partition coefficient (Wildman–Crippen LogP) is 5.38. The molecule has 2 aromatic rings. The maximum atomic E-state index is 12.9. The van der Waals surface area contributed by atoms with Crippen LogP contribution in [0, 0.1) is 5.92 Å². The number of carbonyl (C=O) groups excluding carboxylic acids is 1. The number of halogens is 2. The number of ether oxygens (including phenoxy) is 1. The van der Waals surface area contributed by atoms with Gasteiger partial charge < -0.3 is 10.1 Å². The van der Waals surface area contributed by atoms with Gasteiger partial charge in [0.15, 0.2) is 5.13 Å². The number of amides is 1. The number of thiazole rings is 1. The SMILES string of the molecule is COC1CCC(CC(C(=O)Nc2nccs2)c2ccc(Cl)c(Cl)c2)C1. The minimum absolute atomic E-state index is 0.0609. The zero-order chi connectivity index (χ0) is 17.8. The Morgan fingerprint density at radius 2 is 2.24 bits per heavy atom. The molecule has 3 unspecified atom stereocenters. The van der Waals surface area contributed by atoms with Gasteiger partial charge in [0.2, 0.25) is 5.91 Å². The fraction of sp³-hybridized carbons (Fsp3) is 0.444. The number of methoxy groups -OCH3 is 1. The van der Waals surface area contributed by atoms with Crippen molar-refractivity contribution in [2.75, 3.05) is 12.4 Å². The smallest absolute Gasteiger partial charge is 0.233 e. The number of hydrogen-bond donors (Lipinski definition) is 1. The summed E-state index contributed by atoms with van der Waals surface area (Å²) in [6, 6.07) is 5.41. The Morgan fingerprint density at radius 1 is 1.40 bits per heavy atom. The van der Waals surface area contributed by atoms with E-state index in [1.165, 1.54) is 11.3 Å². The Morgan fingerprint density at radius 3 is 2.88 bits per heavy atom. The quantitative estimate of drug-likeness (QED) is 0.710. The molecule has 1 N–H and O–H groups in total. The summed E-state index contributed by atoms with van der Waals surface area (Å²) in [6.07, 6.45) is 5.83. The summed E-state index contributed by atoms with van der Waals surface area (Å²) in [4.78, 5) is 17.0. The number of nitrogens with one attached hydrogen (secondary N) is 1. The maximum absolute atomic E-state index is 12.9. The van der Waals surface area contributed by atoms with Gasteiger partial charge in [-0.2, -0.15) is 0 Å². The highest BCUT2D eigenvalue weighted by molar-refractivity contribution is 7.13. The van der Waals surface area contributed by atoms with Crippen LogP contribution in [0.4, 0.5) is 5.13 Å². The first-order valence-corrected chi connectivity index (χ1v) is 9.88. The van der Waals surface area contributed by atoms with Gasteiger partial charge >= 0.3 is 0 Å². The topological polar surface area (TPSA) is 51.2 Å². The van der Waals surface area contributed by atoms with Crippen LogP contribution >= 0.6 is 34.5 Å². The van der Waals surface area contributed by atoms with E-state index in [9.17, 15) is 4.79 Å². The first-order chi connectivity index (χ1) is 12.1. The van der Waals surface area contributed by atoms with Crippen LogP contribution in [0.2, 0.25) is 10.0 Å². The van der Waals surface area contributed by atoms with E-state index >= 15 is 0 Å². The molecule has 0 saturated heterocycles. The number of anilines is 1. The molecular formula is C18H20Cl2N2O2S. The van der Waals surface area contributed by atoms with E-state index < -0.39 is 0 Å². The summed E-state index contributed by atoms with van der Waals surface area (Å²) in [6.45, 7) is 0. The van der Waals surface area contributed by atoms with Crippen LogP contribution in [0.25, 0.3) is 0 Å². The lowest BCUT2D eigenvalue weighted by Crippen LogP contribution is -2.23. The standard InChI is InChI=1S/C18H20Cl2N2O2S/c1-24-13-4-2-11(8-13)9-14(12-3-5-15(19)16(20)10-12)17(23)22-18-21-6-7-25-18/h3,5-7,10-11,13-14H,2,4,8-9H2,1H3,(H,21,22,23). The van der Waals surface area contributed by atoms with Gasteiger partial charge in [0.25, 0.3) is 0 Å². The molecule has 3 atom stereocenters. The van der Waals surface area contributed by atoms with Crippen molar-refractivity contribution in [3.63, 3.8) is 0 Å². The van der Waals surface area contributed by atoms with Crippen LogP contribution in [-0.2, 0) is 9.53 Å². The maximum Gasteiger partial charge on any atom is 0.233 e. The summed E-state index contributed by atoms with van der Waals surface area (Å²) < 4.78 is 5.46. The zero-order valence-electron chi connectivity index (χ0n) is 13.9. The number of rotatable bonds is 6. The third kappa shape index (κ3) is 4.73. The number of carbonyl (C=O) groups is 1. The molecule has 3 rings (SSSR count). The Kier molecular flexibility index (Phi) is 6.34. The fourth-order valence-corrected chi connectivity index (χ4v) is 4.23. The van der Waals surface area contributed by atoms with Gasteiger partial charge in [0.1, 0.15) is 0 Å². The lowest BCUT2D eigenvalue weighted by atomic mass is 9.87. The van der Waals surface area contributed by atoms with Gasteiger partial charge in [-0.3, -0.25) is 4.79 Å². The van der Waals surface area contributed by atoms with Crippen molar-refractivity contribution in [3.05, 3.63) is 45.4 Å². The van der Waals surface area contributed by atoms with Crippen LogP contribution in [0.15, 0.2) is 29.8 Å². The van der Waals surface area contributed by atoms with Crippen LogP contribution in [0.3, 0.4) is 0 Å². The Labute approximate surface area is 161 Å². The van der Waals surface area contributed by atoms with Gasteiger partial charge in [-0.25, -0.2) is 4.98 Å². The number of benzene rings is 1. The first-order valence-electron chi connectivity index (χ1n) is 8.25. The second-order valence-electron chi connectivity index (χ2n) is 6.33. The largest absolute Gasteiger partial charge is 0.381 e. The Bertz CT molecular complexity index is 724. The molecule has 1 aromatic heterocycles. The van der Waals surface area contributed by atoms with E-state index in [1.54, 1.807) is 25.4 Å². The molecule has 1 heterocycles. The van der Waals surface area contributed by atoms with Crippen molar-refractivity contribution in [1.82, 2.24) is 4.98 Å². The molecule has 4 nitrogen and oxygen atoms in total. The van der Waals surface area contributed by atoms with E-state index in [0.29, 0.717) is 27.2 Å². The summed E-state index contributed by atoms with van der Waals surface area (Å²) in [7, 11) is 1.75. The normalized spacial score (nSPS) is 21.2. The predicted molar refractivity (Wildman–Crippen MR) is 103 cm³/mol. The molecule has 1 aliphatic carbocycles. The van der Waals surface area contributed by atoms with Gasteiger partial charge in [0.05, 0.1) is 22.1 Å². The highest BCUT2D eigenvalue weighted by Crippen LogP contribution is 2.37. The summed E-state index contributed by atoms with van der Waals surface area (Å²) in [5, 5.41) is 6.32. The molecule has 1 aromatic carbocycles. The summed E-state index contributed by atoms with van der Waals surface area (Å²) in [5.41, 5.74) is 0.879. The minimum Gasteiger partial charge on any atom is -0.381 e. The molecule has 134 valence electrons. The zero-order valence-corrected chi connectivity index (χ0v) is 16.2. The van der Waals surface area contributed by atoms with Crippen molar-refractivity contribution in [2.24, 2.45) is 5.92 Å². The van der Waals surface area contributed by atoms with Crippen LogP contribution in [0.1, 0.15) is 37.2 Å². The molecule has 1 fully saturated rings. The van der Waals surface area contributed by atoms with E-state index in [4.69, 9.17) is 27.9 Å². The van der Waals surface area contributed by atoms with Crippen LogP contribution < -0.4 is 5.32 Å². The second kappa shape index (κ2) is 8.49. The summed E-state index contributed by atoms with van der Waals surface area (Å²) in [5.74, 6) is 0.0972. The molecule has 0 aliphatic heterocycles. The Hall–Kier alpha value is -1.14.